The zero-order valence-corrected chi connectivity index (χ0v) is 10.5. The number of hydrogen-bond acceptors (Lipinski definition) is 4. The second kappa shape index (κ2) is 4.55. The summed E-state index contributed by atoms with van der Waals surface area (Å²) in [7, 11) is 1.50. The molecule has 0 aliphatic carbocycles. The first-order valence-electron chi connectivity index (χ1n) is 5.94. The van der Waals surface area contributed by atoms with E-state index >= 15 is 0 Å². The van der Waals surface area contributed by atoms with Crippen molar-refractivity contribution in [1.29, 1.82) is 0 Å². The van der Waals surface area contributed by atoms with Gasteiger partial charge in [0.15, 0.2) is 0 Å². The van der Waals surface area contributed by atoms with Crippen molar-refractivity contribution in [2.75, 3.05) is 26.1 Å². The van der Waals surface area contributed by atoms with E-state index in [0.29, 0.717) is 30.1 Å². The SMILES string of the molecule is COc1cc(-c2cnn(C3COC3)c2)c(F)cc1N. The lowest BCUT2D eigenvalue weighted by Gasteiger charge is -2.25. The van der Waals surface area contributed by atoms with Gasteiger partial charge in [0, 0.05) is 23.4 Å². The molecule has 1 aromatic carbocycles. The van der Waals surface area contributed by atoms with E-state index in [4.69, 9.17) is 15.2 Å². The van der Waals surface area contributed by atoms with Crippen LogP contribution in [0.2, 0.25) is 0 Å². The Morgan fingerprint density at radius 3 is 2.89 bits per heavy atom. The molecule has 0 radical (unpaired) electrons. The highest BCUT2D eigenvalue weighted by molar-refractivity contribution is 5.69. The van der Waals surface area contributed by atoms with Crippen molar-refractivity contribution >= 4 is 5.69 Å². The van der Waals surface area contributed by atoms with Crippen molar-refractivity contribution in [1.82, 2.24) is 9.78 Å². The quantitative estimate of drug-likeness (QED) is 0.858. The lowest BCUT2D eigenvalue weighted by Crippen LogP contribution is -2.30. The number of nitrogen functional groups attached to an aromatic ring is 1. The van der Waals surface area contributed by atoms with Gasteiger partial charge < -0.3 is 15.2 Å². The fourth-order valence-electron chi connectivity index (χ4n) is 2.02. The van der Waals surface area contributed by atoms with Gasteiger partial charge in [0.1, 0.15) is 11.6 Å². The lowest BCUT2D eigenvalue weighted by atomic mass is 10.1. The number of halogens is 1. The Kier molecular flexibility index (Phi) is 2.87. The maximum absolute atomic E-state index is 14.0. The summed E-state index contributed by atoms with van der Waals surface area (Å²) in [6.07, 6.45) is 3.44. The molecule has 0 bridgehead atoms. The molecule has 19 heavy (non-hydrogen) atoms. The van der Waals surface area contributed by atoms with E-state index in [1.165, 1.54) is 13.2 Å². The lowest BCUT2D eigenvalue weighted by molar-refractivity contribution is -0.0286. The van der Waals surface area contributed by atoms with Crippen LogP contribution in [0.4, 0.5) is 10.1 Å². The largest absolute Gasteiger partial charge is 0.495 e. The molecule has 3 rings (SSSR count). The molecule has 100 valence electrons. The van der Waals surface area contributed by atoms with Gasteiger partial charge >= 0.3 is 0 Å². The van der Waals surface area contributed by atoms with Crippen LogP contribution in [0.15, 0.2) is 24.5 Å². The number of methoxy groups -OCH3 is 1. The van der Waals surface area contributed by atoms with Crippen molar-refractivity contribution in [3.8, 4) is 16.9 Å². The fourth-order valence-corrected chi connectivity index (χ4v) is 2.02. The van der Waals surface area contributed by atoms with E-state index in [1.807, 2.05) is 0 Å². The van der Waals surface area contributed by atoms with Gasteiger partial charge in [-0.15, -0.1) is 0 Å². The highest BCUT2D eigenvalue weighted by Gasteiger charge is 2.22. The zero-order chi connectivity index (χ0) is 13.4. The molecule has 0 saturated carbocycles. The third kappa shape index (κ3) is 2.04. The van der Waals surface area contributed by atoms with E-state index < -0.39 is 0 Å². The van der Waals surface area contributed by atoms with E-state index in [9.17, 15) is 4.39 Å². The summed E-state index contributed by atoms with van der Waals surface area (Å²) in [5, 5.41) is 4.23. The number of nitrogens with zero attached hydrogens (tertiary/aromatic N) is 2. The van der Waals surface area contributed by atoms with Crippen LogP contribution in [0.5, 0.6) is 5.75 Å². The van der Waals surface area contributed by atoms with Gasteiger partial charge in [-0.2, -0.15) is 5.10 Å². The Bertz CT molecular complexity index is 608. The zero-order valence-electron chi connectivity index (χ0n) is 10.5. The average Bonchev–Trinajstić information content (AvgIpc) is 2.76. The van der Waals surface area contributed by atoms with Crippen LogP contribution in [0.1, 0.15) is 6.04 Å². The molecule has 0 atom stereocenters. The molecule has 1 fully saturated rings. The number of anilines is 1. The minimum Gasteiger partial charge on any atom is -0.495 e. The second-order valence-electron chi connectivity index (χ2n) is 4.47. The third-order valence-corrected chi connectivity index (χ3v) is 3.23. The van der Waals surface area contributed by atoms with E-state index in [0.717, 1.165) is 0 Å². The summed E-state index contributed by atoms with van der Waals surface area (Å²) >= 11 is 0. The number of rotatable bonds is 3. The Hall–Kier alpha value is -2.08. The van der Waals surface area contributed by atoms with Crippen LogP contribution >= 0.6 is 0 Å². The topological polar surface area (TPSA) is 62.3 Å². The van der Waals surface area contributed by atoms with Crippen LogP contribution in [0, 0.1) is 5.82 Å². The summed E-state index contributed by atoms with van der Waals surface area (Å²) < 4.78 is 26.0. The molecule has 0 amide bonds. The van der Waals surface area contributed by atoms with Gasteiger partial charge in [-0.25, -0.2) is 4.39 Å². The Morgan fingerprint density at radius 2 is 2.26 bits per heavy atom. The molecule has 0 unspecified atom stereocenters. The van der Waals surface area contributed by atoms with Gasteiger partial charge in [-0.3, -0.25) is 4.68 Å². The minimum atomic E-state index is -0.386. The van der Waals surface area contributed by atoms with Crippen LogP contribution in [-0.2, 0) is 4.74 Å². The molecule has 1 aliphatic rings. The summed E-state index contributed by atoms with van der Waals surface area (Å²) in [5.74, 6) is 0.0684. The normalized spacial score (nSPS) is 15.3. The fraction of sp³-hybridized carbons (Fsp3) is 0.308. The number of nitrogens with two attached hydrogens (primary N) is 1. The molecule has 6 heteroatoms. The molecule has 2 aromatic rings. The van der Waals surface area contributed by atoms with Crippen LogP contribution in [0.3, 0.4) is 0 Å². The highest BCUT2D eigenvalue weighted by Crippen LogP contribution is 2.32. The standard InChI is InChI=1S/C13H14FN3O2/c1-18-13-2-10(11(14)3-12(13)15)8-4-16-17(5-8)9-6-19-7-9/h2-5,9H,6-7,15H2,1H3. The van der Waals surface area contributed by atoms with Gasteiger partial charge in [0.2, 0.25) is 0 Å². The summed E-state index contributed by atoms with van der Waals surface area (Å²) in [4.78, 5) is 0. The number of hydrogen-bond donors (Lipinski definition) is 1. The monoisotopic (exact) mass is 263 g/mol. The Labute approximate surface area is 109 Å². The summed E-state index contributed by atoms with van der Waals surface area (Å²) in [6.45, 7) is 1.29. The third-order valence-electron chi connectivity index (χ3n) is 3.23. The van der Waals surface area contributed by atoms with E-state index in [1.54, 1.807) is 23.1 Å². The van der Waals surface area contributed by atoms with Crippen LogP contribution in [0.25, 0.3) is 11.1 Å². The average molecular weight is 263 g/mol. The van der Waals surface area contributed by atoms with Crippen molar-refractivity contribution in [3.63, 3.8) is 0 Å². The maximum atomic E-state index is 14.0. The van der Waals surface area contributed by atoms with Crippen molar-refractivity contribution in [3.05, 3.63) is 30.3 Å². The van der Waals surface area contributed by atoms with Crippen LogP contribution in [-0.4, -0.2) is 30.1 Å². The molecule has 2 N–H and O–H groups in total. The van der Waals surface area contributed by atoms with Crippen LogP contribution < -0.4 is 10.5 Å². The highest BCUT2D eigenvalue weighted by atomic mass is 19.1. The summed E-state index contributed by atoms with van der Waals surface area (Å²) in [5.41, 5.74) is 7.07. The Balaban J connectivity index is 1.98. The molecule has 1 saturated heterocycles. The number of aromatic nitrogens is 2. The number of ether oxygens (including phenoxy) is 2. The molecule has 1 aliphatic heterocycles. The molecule has 5 nitrogen and oxygen atoms in total. The predicted octanol–water partition coefficient (Wildman–Crippen LogP) is 1.85. The molecular formula is C13H14FN3O2. The molecule has 2 heterocycles. The first kappa shape index (κ1) is 12.0. The first-order valence-corrected chi connectivity index (χ1v) is 5.94. The summed E-state index contributed by atoms with van der Waals surface area (Å²) in [6, 6.07) is 3.09. The molecule has 1 aromatic heterocycles. The maximum Gasteiger partial charge on any atom is 0.142 e. The van der Waals surface area contributed by atoms with Crippen molar-refractivity contribution in [2.24, 2.45) is 0 Å². The smallest absolute Gasteiger partial charge is 0.142 e. The van der Waals surface area contributed by atoms with Gasteiger partial charge in [0.05, 0.1) is 38.2 Å². The van der Waals surface area contributed by atoms with E-state index in [-0.39, 0.29) is 17.5 Å². The van der Waals surface area contributed by atoms with Gasteiger partial charge in [-0.1, -0.05) is 0 Å². The Morgan fingerprint density at radius 1 is 1.47 bits per heavy atom. The molecule has 0 spiro atoms. The van der Waals surface area contributed by atoms with Crippen molar-refractivity contribution in [2.45, 2.75) is 6.04 Å². The van der Waals surface area contributed by atoms with Gasteiger partial charge in [-0.05, 0) is 6.07 Å². The van der Waals surface area contributed by atoms with E-state index in [2.05, 4.69) is 5.10 Å². The minimum absolute atomic E-state index is 0.243. The molecular weight excluding hydrogens is 249 g/mol. The number of benzene rings is 1. The van der Waals surface area contributed by atoms with Crippen molar-refractivity contribution < 1.29 is 13.9 Å². The first-order chi connectivity index (χ1) is 9.19. The van der Waals surface area contributed by atoms with Gasteiger partial charge in [0.25, 0.3) is 0 Å². The second-order valence-corrected chi connectivity index (χ2v) is 4.47. The predicted molar refractivity (Wildman–Crippen MR) is 68.4 cm³/mol.